The summed E-state index contributed by atoms with van der Waals surface area (Å²) in [5.74, 6) is -0.131. The highest BCUT2D eigenvalue weighted by molar-refractivity contribution is 7.91. The molecule has 1 aromatic heterocycles. The van der Waals surface area contributed by atoms with Gasteiger partial charge in [0.1, 0.15) is 10.7 Å². The van der Waals surface area contributed by atoms with E-state index in [2.05, 4.69) is 5.32 Å². The van der Waals surface area contributed by atoms with Crippen LogP contribution in [0.15, 0.2) is 64.4 Å². The number of halogens is 1. The number of hydrogen-bond donors (Lipinski definition) is 1. The molecule has 0 atom stereocenters. The summed E-state index contributed by atoms with van der Waals surface area (Å²) in [5.41, 5.74) is 1.79. The van der Waals surface area contributed by atoms with Gasteiger partial charge in [0.15, 0.2) is 0 Å². The van der Waals surface area contributed by atoms with Gasteiger partial charge in [0.2, 0.25) is 9.84 Å². The summed E-state index contributed by atoms with van der Waals surface area (Å²) in [5, 5.41) is 3.17. The summed E-state index contributed by atoms with van der Waals surface area (Å²) in [4.78, 5) is 13.1. The molecule has 8 heteroatoms. The van der Waals surface area contributed by atoms with Crippen molar-refractivity contribution in [2.75, 3.05) is 19.0 Å². The van der Waals surface area contributed by atoms with Gasteiger partial charge in [0.05, 0.1) is 4.90 Å². The average molecular weight is 461 g/mol. The minimum atomic E-state index is -3.93. The molecule has 0 fully saturated rings. The fourth-order valence-corrected chi connectivity index (χ4v) is 5.45. The molecule has 1 heterocycles. The lowest BCUT2D eigenvalue weighted by Gasteiger charge is -2.14. The van der Waals surface area contributed by atoms with Crippen molar-refractivity contribution in [1.82, 2.24) is 4.57 Å². The summed E-state index contributed by atoms with van der Waals surface area (Å²) in [6, 6.07) is 14.8. The molecular formula is C23H25ClN2O4S. The van der Waals surface area contributed by atoms with Crippen molar-refractivity contribution in [3.8, 4) is 0 Å². The Morgan fingerprint density at radius 2 is 1.81 bits per heavy atom. The van der Waals surface area contributed by atoms with E-state index in [0.29, 0.717) is 35.7 Å². The van der Waals surface area contributed by atoms with Crippen molar-refractivity contribution in [2.24, 2.45) is 0 Å². The molecule has 0 aliphatic heterocycles. The van der Waals surface area contributed by atoms with Gasteiger partial charge in [-0.05, 0) is 56.2 Å². The standard InChI is InChI=1S/C23H25ClN2O4S/c1-16-17(2)26(13-8-14-30-3)22(25-23(27)18-9-5-4-6-10-18)21(16)31(28,29)20-12-7-11-19(24)15-20/h4-7,9-12,15H,8,13-14H2,1-3H3,(H,25,27). The molecule has 0 radical (unpaired) electrons. The molecular weight excluding hydrogens is 436 g/mol. The number of aromatic nitrogens is 1. The lowest BCUT2D eigenvalue weighted by molar-refractivity contribution is 0.102. The first-order chi connectivity index (χ1) is 14.8. The summed E-state index contributed by atoms with van der Waals surface area (Å²) < 4.78 is 34.2. The lowest BCUT2D eigenvalue weighted by atomic mass is 10.2. The monoisotopic (exact) mass is 460 g/mol. The predicted octanol–water partition coefficient (Wildman–Crippen LogP) is 4.88. The van der Waals surface area contributed by atoms with E-state index in [-0.39, 0.29) is 21.5 Å². The van der Waals surface area contributed by atoms with Gasteiger partial charge >= 0.3 is 0 Å². The Balaban J connectivity index is 2.15. The molecule has 2 aromatic carbocycles. The quantitative estimate of drug-likeness (QED) is 0.486. The molecule has 31 heavy (non-hydrogen) atoms. The smallest absolute Gasteiger partial charge is 0.256 e. The molecule has 164 valence electrons. The molecule has 0 aliphatic rings. The second-order valence-corrected chi connectivity index (χ2v) is 9.49. The van der Waals surface area contributed by atoms with Crippen LogP contribution in [0.2, 0.25) is 5.02 Å². The number of amides is 1. The largest absolute Gasteiger partial charge is 0.385 e. The third-order valence-corrected chi connectivity index (χ3v) is 7.29. The van der Waals surface area contributed by atoms with Crippen LogP contribution in [0.3, 0.4) is 0 Å². The number of carbonyl (C=O) groups is 1. The lowest BCUT2D eigenvalue weighted by Crippen LogP contribution is -2.18. The van der Waals surface area contributed by atoms with Crippen LogP contribution in [-0.2, 0) is 21.1 Å². The number of benzene rings is 2. The Labute approximate surface area is 187 Å². The van der Waals surface area contributed by atoms with E-state index < -0.39 is 9.84 Å². The van der Waals surface area contributed by atoms with E-state index in [1.807, 2.05) is 17.6 Å². The van der Waals surface area contributed by atoms with Crippen LogP contribution in [0.25, 0.3) is 0 Å². The van der Waals surface area contributed by atoms with Crippen LogP contribution >= 0.6 is 11.6 Å². The first-order valence-electron chi connectivity index (χ1n) is 9.83. The van der Waals surface area contributed by atoms with Gasteiger partial charge in [-0.2, -0.15) is 0 Å². The summed E-state index contributed by atoms with van der Waals surface area (Å²) in [7, 11) is -2.32. The number of sulfone groups is 1. The first kappa shape index (κ1) is 23.1. The van der Waals surface area contributed by atoms with Crippen LogP contribution in [0.4, 0.5) is 5.82 Å². The molecule has 0 saturated heterocycles. The maximum atomic E-state index is 13.6. The fourth-order valence-electron chi connectivity index (χ4n) is 3.46. The second kappa shape index (κ2) is 9.68. The number of rotatable bonds is 8. The Bertz CT molecular complexity index is 1190. The third kappa shape index (κ3) is 4.84. The molecule has 1 N–H and O–H groups in total. The molecule has 3 aromatic rings. The summed E-state index contributed by atoms with van der Waals surface area (Å²) in [6.45, 7) is 4.60. The van der Waals surface area contributed by atoms with E-state index in [4.69, 9.17) is 16.3 Å². The van der Waals surface area contributed by atoms with Crippen LogP contribution in [-0.4, -0.2) is 32.6 Å². The molecule has 6 nitrogen and oxygen atoms in total. The highest BCUT2D eigenvalue weighted by Gasteiger charge is 2.30. The predicted molar refractivity (Wildman–Crippen MR) is 122 cm³/mol. The number of nitrogens with one attached hydrogen (secondary N) is 1. The van der Waals surface area contributed by atoms with E-state index in [1.54, 1.807) is 50.4 Å². The zero-order valence-electron chi connectivity index (χ0n) is 17.7. The topological polar surface area (TPSA) is 77.4 Å². The highest BCUT2D eigenvalue weighted by atomic mass is 35.5. The highest BCUT2D eigenvalue weighted by Crippen LogP contribution is 2.36. The first-order valence-corrected chi connectivity index (χ1v) is 11.7. The molecule has 1 amide bonds. The zero-order chi connectivity index (χ0) is 22.6. The summed E-state index contributed by atoms with van der Waals surface area (Å²) >= 11 is 6.05. The molecule has 0 bridgehead atoms. The second-order valence-electron chi connectivity index (χ2n) is 7.17. The molecule has 0 saturated carbocycles. The van der Waals surface area contributed by atoms with Gasteiger partial charge in [0.25, 0.3) is 5.91 Å². The number of hydrogen-bond acceptors (Lipinski definition) is 4. The van der Waals surface area contributed by atoms with Crippen LogP contribution < -0.4 is 5.32 Å². The van der Waals surface area contributed by atoms with E-state index in [1.165, 1.54) is 12.1 Å². The van der Waals surface area contributed by atoms with Crippen LogP contribution in [0.1, 0.15) is 28.0 Å². The molecule has 3 rings (SSSR count). The van der Waals surface area contributed by atoms with E-state index >= 15 is 0 Å². The average Bonchev–Trinajstić information content (AvgIpc) is 2.99. The third-order valence-electron chi connectivity index (χ3n) is 5.15. The number of ether oxygens (including phenoxy) is 1. The van der Waals surface area contributed by atoms with Crippen LogP contribution in [0.5, 0.6) is 0 Å². The van der Waals surface area contributed by atoms with Gasteiger partial charge in [-0.3, -0.25) is 4.79 Å². The SMILES string of the molecule is COCCCn1c(C)c(C)c(S(=O)(=O)c2cccc(Cl)c2)c1NC(=O)c1ccccc1. The van der Waals surface area contributed by atoms with Gasteiger partial charge in [-0.15, -0.1) is 0 Å². The normalized spacial score (nSPS) is 11.5. The minimum absolute atomic E-state index is 0.0763. The Morgan fingerprint density at radius 3 is 2.45 bits per heavy atom. The summed E-state index contributed by atoms with van der Waals surface area (Å²) in [6.07, 6.45) is 0.663. The van der Waals surface area contributed by atoms with Gasteiger partial charge in [-0.1, -0.05) is 35.9 Å². The van der Waals surface area contributed by atoms with Crippen molar-refractivity contribution in [2.45, 2.75) is 36.6 Å². The maximum absolute atomic E-state index is 13.6. The molecule has 0 unspecified atom stereocenters. The number of anilines is 1. The van der Waals surface area contributed by atoms with E-state index in [0.717, 1.165) is 5.69 Å². The van der Waals surface area contributed by atoms with Gasteiger partial charge < -0.3 is 14.6 Å². The zero-order valence-corrected chi connectivity index (χ0v) is 19.3. The molecule has 0 aliphatic carbocycles. The fraction of sp³-hybridized carbons (Fsp3) is 0.261. The maximum Gasteiger partial charge on any atom is 0.256 e. The molecule has 0 spiro atoms. The van der Waals surface area contributed by atoms with Crippen molar-refractivity contribution < 1.29 is 17.9 Å². The Kier molecular flexibility index (Phi) is 7.20. The number of nitrogens with zero attached hydrogens (tertiary/aromatic N) is 1. The minimum Gasteiger partial charge on any atom is -0.385 e. The van der Waals surface area contributed by atoms with Crippen molar-refractivity contribution in [3.05, 3.63) is 76.4 Å². The van der Waals surface area contributed by atoms with E-state index in [9.17, 15) is 13.2 Å². The Morgan fingerprint density at radius 1 is 1.10 bits per heavy atom. The van der Waals surface area contributed by atoms with Crippen LogP contribution in [0, 0.1) is 13.8 Å². The van der Waals surface area contributed by atoms with Crippen molar-refractivity contribution in [3.63, 3.8) is 0 Å². The number of methoxy groups -OCH3 is 1. The van der Waals surface area contributed by atoms with Gasteiger partial charge in [-0.25, -0.2) is 8.42 Å². The number of carbonyl (C=O) groups excluding carboxylic acids is 1. The Hall–Kier alpha value is -2.61. The van der Waals surface area contributed by atoms with Crippen molar-refractivity contribution >= 4 is 33.2 Å². The van der Waals surface area contributed by atoms with Gasteiger partial charge in [0, 0.05) is 36.5 Å². The van der Waals surface area contributed by atoms with Crippen molar-refractivity contribution in [1.29, 1.82) is 0 Å².